The molecule has 0 aliphatic carbocycles. The summed E-state index contributed by atoms with van der Waals surface area (Å²) in [5.41, 5.74) is 2.50. The third kappa shape index (κ3) is 3.48. The zero-order valence-corrected chi connectivity index (χ0v) is 12.4. The summed E-state index contributed by atoms with van der Waals surface area (Å²) >= 11 is 0. The lowest BCUT2D eigenvalue weighted by Crippen LogP contribution is -2.48. The summed E-state index contributed by atoms with van der Waals surface area (Å²) in [4.78, 5) is 0. The van der Waals surface area contributed by atoms with E-state index < -0.39 is 0 Å². The van der Waals surface area contributed by atoms with Gasteiger partial charge in [-0.1, -0.05) is 26.0 Å². The van der Waals surface area contributed by atoms with E-state index in [1.807, 2.05) is 7.05 Å². The Morgan fingerprint density at radius 1 is 1.37 bits per heavy atom. The highest BCUT2D eigenvalue weighted by Crippen LogP contribution is 2.26. The summed E-state index contributed by atoms with van der Waals surface area (Å²) < 4.78 is 11.7. The van der Waals surface area contributed by atoms with Crippen LogP contribution < -0.4 is 10.1 Å². The molecule has 1 N–H and O–H groups in total. The molecule has 0 spiro atoms. The van der Waals surface area contributed by atoms with Crippen LogP contribution in [-0.2, 0) is 4.74 Å². The molecule has 3 heteroatoms. The van der Waals surface area contributed by atoms with E-state index >= 15 is 0 Å². The van der Waals surface area contributed by atoms with E-state index in [0.29, 0.717) is 18.6 Å². The molecule has 0 aromatic heterocycles. The van der Waals surface area contributed by atoms with Crippen molar-refractivity contribution in [3.63, 3.8) is 0 Å². The number of benzene rings is 1. The van der Waals surface area contributed by atoms with Gasteiger partial charge in [0.05, 0.1) is 6.61 Å². The molecule has 2 atom stereocenters. The van der Waals surface area contributed by atoms with Gasteiger partial charge in [-0.3, -0.25) is 0 Å². The molecule has 1 heterocycles. The minimum Gasteiger partial charge on any atom is -0.486 e. The van der Waals surface area contributed by atoms with Gasteiger partial charge in [-0.05, 0) is 43.5 Å². The molecule has 1 aliphatic rings. The Morgan fingerprint density at radius 3 is 2.84 bits per heavy atom. The molecule has 1 saturated heterocycles. The Kier molecular flexibility index (Phi) is 4.83. The van der Waals surface area contributed by atoms with Crippen LogP contribution in [0.3, 0.4) is 0 Å². The van der Waals surface area contributed by atoms with E-state index in [0.717, 1.165) is 18.8 Å². The molecule has 1 aliphatic heterocycles. The van der Waals surface area contributed by atoms with Gasteiger partial charge < -0.3 is 14.8 Å². The molecule has 2 rings (SSSR count). The largest absolute Gasteiger partial charge is 0.486 e. The Morgan fingerprint density at radius 2 is 2.16 bits per heavy atom. The third-order valence-electron chi connectivity index (χ3n) is 3.83. The summed E-state index contributed by atoms with van der Waals surface area (Å²) in [6.07, 6.45) is 1.10. The summed E-state index contributed by atoms with van der Waals surface area (Å²) in [5, 5.41) is 3.33. The van der Waals surface area contributed by atoms with Gasteiger partial charge in [-0.2, -0.15) is 0 Å². The summed E-state index contributed by atoms with van der Waals surface area (Å²) in [5.74, 6) is 1.51. The summed E-state index contributed by atoms with van der Waals surface area (Å²) in [7, 11) is 1.99. The fraction of sp³-hybridized carbons (Fsp3) is 0.625. The van der Waals surface area contributed by atoms with Gasteiger partial charge in [0.25, 0.3) is 0 Å². The average molecular weight is 263 g/mol. The first-order valence-electron chi connectivity index (χ1n) is 7.14. The number of aryl methyl sites for hydroxylation is 1. The van der Waals surface area contributed by atoms with E-state index in [1.54, 1.807) is 0 Å². The third-order valence-corrected chi connectivity index (χ3v) is 3.83. The molecule has 1 fully saturated rings. The predicted molar refractivity (Wildman–Crippen MR) is 78.0 cm³/mol. The van der Waals surface area contributed by atoms with Gasteiger partial charge >= 0.3 is 0 Å². The normalized spacial score (nSPS) is 23.6. The topological polar surface area (TPSA) is 30.5 Å². The minimum absolute atomic E-state index is 0.0971. The van der Waals surface area contributed by atoms with Crippen LogP contribution in [0.5, 0.6) is 5.75 Å². The van der Waals surface area contributed by atoms with E-state index in [9.17, 15) is 0 Å². The van der Waals surface area contributed by atoms with Gasteiger partial charge in [0.2, 0.25) is 0 Å². The van der Waals surface area contributed by atoms with Gasteiger partial charge in [0.1, 0.15) is 11.9 Å². The molecule has 0 saturated carbocycles. The second-order valence-corrected chi connectivity index (χ2v) is 5.59. The quantitative estimate of drug-likeness (QED) is 0.906. The zero-order chi connectivity index (χ0) is 13.8. The van der Waals surface area contributed by atoms with Crippen molar-refractivity contribution in [2.75, 3.05) is 20.3 Å². The fourth-order valence-electron chi connectivity index (χ4n) is 2.42. The molecule has 3 nitrogen and oxygen atoms in total. The Labute approximate surface area is 116 Å². The Bertz CT molecular complexity index is 417. The Hall–Kier alpha value is -1.06. The van der Waals surface area contributed by atoms with Crippen LogP contribution in [0.2, 0.25) is 0 Å². The number of ether oxygens (including phenoxy) is 2. The van der Waals surface area contributed by atoms with Crippen molar-refractivity contribution in [2.24, 2.45) is 0 Å². The number of likely N-dealkylation sites (N-methyl/N-ethyl adjacent to an activating group) is 1. The van der Waals surface area contributed by atoms with Gasteiger partial charge in [-0.15, -0.1) is 0 Å². The number of nitrogens with one attached hydrogen (secondary N) is 1. The molecule has 0 radical (unpaired) electrons. The van der Waals surface area contributed by atoms with Crippen molar-refractivity contribution < 1.29 is 9.47 Å². The average Bonchev–Trinajstić information content (AvgIpc) is 2.41. The lowest BCUT2D eigenvalue weighted by atomic mass is 10.0. The molecule has 0 amide bonds. The van der Waals surface area contributed by atoms with Crippen molar-refractivity contribution in [3.05, 3.63) is 29.3 Å². The molecule has 0 bridgehead atoms. The maximum absolute atomic E-state index is 6.19. The summed E-state index contributed by atoms with van der Waals surface area (Å²) in [6.45, 7) is 7.98. The smallest absolute Gasteiger partial charge is 0.137 e. The monoisotopic (exact) mass is 263 g/mol. The van der Waals surface area contributed by atoms with Crippen molar-refractivity contribution in [1.82, 2.24) is 5.32 Å². The lowest BCUT2D eigenvalue weighted by molar-refractivity contribution is -0.0132. The lowest BCUT2D eigenvalue weighted by Gasteiger charge is -2.32. The maximum Gasteiger partial charge on any atom is 0.137 e. The van der Waals surface area contributed by atoms with E-state index in [2.05, 4.69) is 44.3 Å². The standard InChI is InChI=1S/C16H25NO2/c1-11(2)13-6-5-12(3)15(9-13)19-16-10-18-8-7-14(16)17-4/h5-6,9,11,14,16-17H,7-8,10H2,1-4H3. The predicted octanol–water partition coefficient (Wildman–Crippen LogP) is 2.87. The highest BCUT2D eigenvalue weighted by atomic mass is 16.5. The number of hydrogen-bond donors (Lipinski definition) is 1. The highest BCUT2D eigenvalue weighted by Gasteiger charge is 2.26. The first-order valence-corrected chi connectivity index (χ1v) is 7.14. The first-order chi connectivity index (χ1) is 9.11. The zero-order valence-electron chi connectivity index (χ0n) is 12.4. The second-order valence-electron chi connectivity index (χ2n) is 5.59. The molecule has 2 unspecified atom stereocenters. The van der Waals surface area contributed by atoms with Crippen LogP contribution in [0.1, 0.15) is 37.3 Å². The molecular formula is C16H25NO2. The van der Waals surface area contributed by atoms with Gasteiger partial charge in [0.15, 0.2) is 0 Å². The van der Waals surface area contributed by atoms with Crippen molar-refractivity contribution in [2.45, 2.75) is 45.3 Å². The van der Waals surface area contributed by atoms with Crippen molar-refractivity contribution in [1.29, 1.82) is 0 Å². The van der Waals surface area contributed by atoms with Crippen LogP contribution in [0, 0.1) is 6.92 Å². The molecule has 1 aromatic carbocycles. The van der Waals surface area contributed by atoms with E-state index in [-0.39, 0.29) is 6.10 Å². The minimum atomic E-state index is 0.0971. The van der Waals surface area contributed by atoms with Crippen molar-refractivity contribution in [3.8, 4) is 5.75 Å². The van der Waals surface area contributed by atoms with Crippen LogP contribution >= 0.6 is 0 Å². The van der Waals surface area contributed by atoms with E-state index in [1.165, 1.54) is 11.1 Å². The number of rotatable bonds is 4. The Balaban J connectivity index is 2.14. The summed E-state index contributed by atoms with van der Waals surface area (Å²) in [6, 6.07) is 6.86. The molecule has 106 valence electrons. The maximum atomic E-state index is 6.19. The van der Waals surface area contributed by atoms with Crippen LogP contribution in [0.15, 0.2) is 18.2 Å². The van der Waals surface area contributed by atoms with E-state index in [4.69, 9.17) is 9.47 Å². The SMILES string of the molecule is CNC1CCOCC1Oc1cc(C(C)C)ccc1C. The highest BCUT2D eigenvalue weighted by molar-refractivity contribution is 5.38. The van der Waals surface area contributed by atoms with Crippen LogP contribution in [0.4, 0.5) is 0 Å². The van der Waals surface area contributed by atoms with Crippen LogP contribution in [-0.4, -0.2) is 32.4 Å². The fourth-order valence-corrected chi connectivity index (χ4v) is 2.42. The number of hydrogen-bond acceptors (Lipinski definition) is 3. The molecular weight excluding hydrogens is 238 g/mol. The second kappa shape index (κ2) is 6.40. The van der Waals surface area contributed by atoms with Crippen LogP contribution in [0.25, 0.3) is 0 Å². The first kappa shape index (κ1) is 14.4. The van der Waals surface area contributed by atoms with Gasteiger partial charge in [-0.25, -0.2) is 0 Å². The molecule has 1 aromatic rings. The van der Waals surface area contributed by atoms with Crippen molar-refractivity contribution >= 4 is 0 Å². The van der Waals surface area contributed by atoms with Gasteiger partial charge in [0, 0.05) is 12.6 Å². The molecule has 19 heavy (non-hydrogen) atoms.